The summed E-state index contributed by atoms with van der Waals surface area (Å²) in [6.45, 7) is 0.473. The van der Waals surface area contributed by atoms with Crippen LogP contribution in [0.2, 0.25) is 0 Å². The van der Waals surface area contributed by atoms with Gasteiger partial charge in [-0.15, -0.1) is 0 Å². The molecule has 4 rings (SSSR count). The molecule has 1 saturated heterocycles. The van der Waals surface area contributed by atoms with Crippen LogP contribution in [0.4, 0.5) is 10.5 Å². The van der Waals surface area contributed by atoms with Gasteiger partial charge in [-0.05, 0) is 24.1 Å². The van der Waals surface area contributed by atoms with Gasteiger partial charge >= 0.3 is 6.03 Å². The number of anilines is 1. The van der Waals surface area contributed by atoms with E-state index in [0.29, 0.717) is 25.1 Å². The quantitative estimate of drug-likeness (QED) is 0.643. The van der Waals surface area contributed by atoms with E-state index in [2.05, 4.69) is 0 Å². The maximum atomic E-state index is 13.3. The highest BCUT2D eigenvalue weighted by atomic mass is 16.2. The molecule has 24 heavy (non-hydrogen) atoms. The lowest BCUT2D eigenvalue weighted by atomic mass is 9.84. The van der Waals surface area contributed by atoms with Crippen molar-refractivity contribution in [1.82, 2.24) is 4.90 Å². The molecule has 2 aliphatic heterocycles. The first-order chi connectivity index (χ1) is 11.7. The Morgan fingerprint density at radius 2 is 1.54 bits per heavy atom. The molecule has 1 fully saturated rings. The van der Waals surface area contributed by atoms with Crippen molar-refractivity contribution >= 4 is 17.6 Å². The van der Waals surface area contributed by atoms with Crippen molar-refractivity contribution in [2.45, 2.75) is 18.4 Å². The summed E-state index contributed by atoms with van der Waals surface area (Å²) in [5.74, 6) is -0.132. The lowest BCUT2D eigenvalue weighted by molar-refractivity contribution is -0.124. The van der Waals surface area contributed by atoms with Crippen molar-refractivity contribution in [3.8, 4) is 0 Å². The Morgan fingerprint density at radius 1 is 0.875 bits per heavy atom. The van der Waals surface area contributed by atoms with Crippen molar-refractivity contribution in [2.24, 2.45) is 0 Å². The van der Waals surface area contributed by atoms with Crippen molar-refractivity contribution in [3.05, 3.63) is 78.4 Å². The number of fused-ring (bicyclic) bond motifs is 1. The van der Waals surface area contributed by atoms with Gasteiger partial charge in [0.15, 0.2) is 0 Å². The maximum Gasteiger partial charge on any atom is 0.332 e. The minimum atomic E-state index is -0.816. The van der Waals surface area contributed by atoms with Crippen LogP contribution in [-0.2, 0) is 11.2 Å². The Bertz CT molecular complexity index is 801. The minimum Gasteiger partial charge on any atom is -0.305 e. The van der Waals surface area contributed by atoms with Gasteiger partial charge in [0.1, 0.15) is 5.54 Å². The highest BCUT2D eigenvalue weighted by molar-refractivity contribution is 6.23. The monoisotopic (exact) mass is 318 g/mol. The average molecular weight is 318 g/mol. The van der Waals surface area contributed by atoms with E-state index in [1.807, 2.05) is 60.7 Å². The molecule has 1 atom stereocenters. The number of imide groups is 1. The zero-order valence-electron chi connectivity index (χ0n) is 13.3. The molecule has 2 aliphatic rings. The Morgan fingerprint density at radius 3 is 2.25 bits per heavy atom. The van der Waals surface area contributed by atoms with Crippen LogP contribution in [-0.4, -0.2) is 28.9 Å². The lowest BCUT2D eigenvalue weighted by Crippen LogP contribution is -2.52. The van der Waals surface area contributed by atoms with Gasteiger partial charge in [-0.3, -0.25) is 4.79 Å². The molecule has 0 bridgehead atoms. The van der Waals surface area contributed by atoms with E-state index in [0.717, 1.165) is 5.56 Å². The van der Waals surface area contributed by atoms with Crippen LogP contribution in [0.15, 0.2) is 72.8 Å². The summed E-state index contributed by atoms with van der Waals surface area (Å²) >= 11 is 0. The minimum absolute atomic E-state index is 0.132. The molecule has 2 heterocycles. The van der Waals surface area contributed by atoms with Gasteiger partial charge in [0, 0.05) is 13.0 Å². The number of benzene rings is 2. The molecular weight excluding hydrogens is 300 g/mol. The van der Waals surface area contributed by atoms with Gasteiger partial charge in [0.05, 0.1) is 5.69 Å². The summed E-state index contributed by atoms with van der Waals surface area (Å²) in [6.07, 6.45) is 5.06. The van der Waals surface area contributed by atoms with Crippen molar-refractivity contribution in [3.63, 3.8) is 0 Å². The van der Waals surface area contributed by atoms with E-state index in [-0.39, 0.29) is 11.9 Å². The summed E-state index contributed by atoms with van der Waals surface area (Å²) in [5, 5.41) is 0. The van der Waals surface area contributed by atoms with Gasteiger partial charge in [-0.1, -0.05) is 60.7 Å². The predicted molar refractivity (Wildman–Crippen MR) is 92.7 cm³/mol. The van der Waals surface area contributed by atoms with Gasteiger partial charge in [-0.25, -0.2) is 9.69 Å². The Labute approximate surface area is 141 Å². The number of hydrogen-bond donors (Lipinski definition) is 0. The number of amides is 3. The van der Waals surface area contributed by atoms with Crippen LogP contribution in [0.3, 0.4) is 0 Å². The van der Waals surface area contributed by atoms with Crippen molar-refractivity contribution in [1.29, 1.82) is 0 Å². The maximum absolute atomic E-state index is 13.3. The Balaban J connectivity index is 1.77. The Hall–Kier alpha value is -2.88. The van der Waals surface area contributed by atoms with Crippen molar-refractivity contribution in [2.75, 3.05) is 11.4 Å². The van der Waals surface area contributed by atoms with Crippen LogP contribution in [0.1, 0.15) is 12.0 Å². The molecule has 0 N–H and O–H groups in total. The van der Waals surface area contributed by atoms with E-state index in [9.17, 15) is 9.59 Å². The molecule has 0 aromatic heterocycles. The smallest absolute Gasteiger partial charge is 0.305 e. The fourth-order valence-corrected chi connectivity index (χ4v) is 3.60. The van der Waals surface area contributed by atoms with Crippen molar-refractivity contribution < 1.29 is 9.59 Å². The molecule has 0 spiro atoms. The molecule has 1 unspecified atom stereocenters. The average Bonchev–Trinajstić information content (AvgIpc) is 2.84. The zero-order valence-corrected chi connectivity index (χ0v) is 13.3. The predicted octanol–water partition coefficient (Wildman–Crippen LogP) is 3.40. The number of carbonyl (C=O) groups is 2. The molecule has 4 heteroatoms. The number of nitrogens with zero attached hydrogens (tertiary/aromatic N) is 2. The molecule has 120 valence electrons. The molecule has 0 radical (unpaired) electrons. The largest absolute Gasteiger partial charge is 0.332 e. The molecule has 2 aromatic carbocycles. The fraction of sp³-hybridized carbons (Fsp3) is 0.200. The number of hydrogen-bond acceptors (Lipinski definition) is 2. The lowest BCUT2D eigenvalue weighted by Gasteiger charge is -2.36. The summed E-state index contributed by atoms with van der Waals surface area (Å²) in [4.78, 5) is 29.3. The van der Waals surface area contributed by atoms with Crippen LogP contribution in [0.5, 0.6) is 0 Å². The van der Waals surface area contributed by atoms with Crippen LogP contribution in [0, 0.1) is 0 Å². The SMILES string of the molecule is O=C1N(c2ccccc2)C(=O)C2(Cc3ccccc3)CC=CCN12. The second kappa shape index (κ2) is 5.64. The van der Waals surface area contributed by atoms with E-state index in [4.69, 9.17) is 0 Å². The number of carbonyl (C=O) groups excluding carboxylic acids is 2. The third-order valence-electron chi connectivity index (χ3n) is 4.80. The zero-order chi connectivity index (χ0) is 16.6. The normalized spacial score (nSPS) is 22.8. The van der Waals surface area contributed by atoms with Gasteiger partial charge < -0.3 is 4.90 Å². The van der Waals surface area contributed by atoms with E-state index in [1.165, 1.54) is 4.90 Å². The highest BCUT2D eigenvalue weighted by Gasteiger charge is 2.57. The van der Waals surface area contributed by atoms with Gasteiger partial charge in [0.25, 0.3) is 5.91 Å². The molecule has 4 nitrogen and oxygen atoms in total. The molecular formula is C20H18N2O2. The van der Waals surface area contributed by atoms with E-state index >= 15 is 0 Å². The Kier molecular flexibility index (Phi) is 3.45. The van der Waals surface area contributed by atoms with Gasteiger partial charge in [-0.2, -0.15) is 0 Å². The number of rotatable bonds is 3. The van der Waals surface area contributed by atoms with Crippen LogP contribution >= 0.6 is 0 Å². The standard InChI is InChI=1S/C20H18N2O2/c23-18-20(15-16-9-3-1-4-10-16)13-7-8-14-21(20)19(24)22(18)17-11-5-2-6-12-17/h1-12H,13-15H2. The fourth-order valence-electron chi connectivity index (χ4n) is 3.60. The second-order valence-corrected chi connectivity index (χ2v) is 6.24. The first kappa shape index (κ1) is 14.7. The summed E-state index contributed by atoms with van der Waals surface area (Å²) < 4.78 is 0. The number of para-hydroxylation sites is 1. The summed E-state index contributed by atoms with van der Waals surface area (Å²) in [6, 6.07) is 18.8. The van der Waals surface area contributed by atoms with E-state index in [1.54, 1.807) is 17.0 Å². The first-order valence-electron chi connectivity index (χ1n) is 8.12. The molecule has 0 saturated carbocycles. The molecule has 3 amide bonds. The van der Waals surface area contributed by atoms with Gasteiger partial charge in [0.2, 0.25) is 0 Å². The number of urea groups is 1. The highest BCUT2D eigenvalue weighted by Crippen LogP contribution is 2.39. The van der Waals surface area contributed by atoms with Crippen LogP contribution < -0.4 is 4.90 Å². The summed E-state index contributed by atoms with van der Waals surface area (Å²) in [7, 11) is 0. The molecule has 0 aliphatic carbocycles. The second-order valence-electron chi connectivity index (χ2n) is 6.24. The van der Waals surface area contributed by atoms with Crippen LogP contribution in [0.25, 0.3) is 0 Å². The third kappa shape index (κ3) is 2.14. The first-order valence-corrected chi connectivity index (χ1v) is 8.12. The van der Waals surface area contributed by atoms with E-state index < -0.39 is 5.54 Å². The third-order valence-corrected chi connectivity index (χ3v) is 4.80. The molecule has 2 aromatic rings. The topological polar surface area (TPSA) is 40.6 Å². The summed E-state index contributed by atoms with van der Waals surface area (Å²) in [5.41, 5.74) is 0.881.